The van der Waals surface area contributed by atoms with Gasteiger partial charge in [-0.2, -0.15) is 0 Å². The smallest absolute Gasteiger partial charge is 0.302 e. The molecule has 1 saturated heterocycles. The zero-order chi connectivity index (χ0) is 31.3. The first kappa shape index (κ1) is 32.1. The Labute approximate surface area is 260 Å². The van der Waals surface area contributed by atoms with Gasteiger partial charge >= 0.3 is 5.97 Å². The molecule has 1 aromatic carbocycles. The van der Waals surface area contributed by atoms with Gasteiger partial charge in [0.15, 0.2) is 17.5 Å². The van der Waals surface area contributed by atoms with Crippen LogP contribution in [0.3, 0.4) is 0 Å². The Morgan fingerprint density at radius 2 is 2.07 bits per heavy atom. The van der Waals surface area contributed by atoms with Crippen LogP contribution in [-0.4, -0.2) is 77.3 Å². The molecule has 240 valence electrons. The van der Waals surface area contributed by atoms with Crippen LogP contribution in [0.4, 0.5) is 0 Å². The normalized spacial score (nSPS) is 36.1. The average molecular weight is 609 g/mol. The van der Waals surface area contributed by atoms with E-state index in [1.165, 1.54) is 6.92 Å². The maximum atomic E-state index is 12.4. The Morgan fingerprint density at radius 1 is 1.23 bits per heavy atom. The Bertz CT molecular complexity index is 1290. The number of hydrogen-bond acceptors (Lipinski definition) is 8. The van der Waals surface area contributed by atoms with Crippen LogP contribution in [0.2, 0.25) is 0 Å². The minimum Gasteiger partial charge on any atom is -0.504 e. The third kappa shape index (κ3) is 7.51. The molecule has 1 fully saturated rings. The number of nitrogens with two attached hydrogens (primary N) is 1. The van der Waals surface area contributed by atoms with Crippen molar-refractivity contribution in [3.63, 3.8) is 0 Å². The van der Waals surface area contributed by atoms with Crippen molar-refractivity contribution < 1.29 is 29.6 Å². The van der Waals surface area contributed by atoms with Crippen molar-refractivity contribution in [1.29, 1.82) is 0 Å². The molecule has 1 spiro atoms. The molecule has 2 heterocycles. The third-order valence-corrected chi connectivity index (χ3v) is 9.88. The van der Waals surface area contributed by atoms with Gasteiger partial charge < -0.3 is 41.2 Å². The number of hydrogen-bond donors (Lipinski definition) is 6. The van der Waals surface area contributed by atoms with E-state index in [4.69, 9.17) is 15.2 Å². The number of carbonyl (C=O) groups is 1. The van der Waals surface area contributed by atoms with Crippen LogP contribution in [0, 0.1) is 29.1 Å². The summed E-state index contributed by atoms with van der Waals surface area (Å²) in [6, 6.07) is 5.31. The van der Waals surface area contributed by atoms with E-state index in [0.717, 1.165) is 44.2 Å². The highest BCUT2D eigenvalue weighted by molar-refractivity contribution is 5.78. The summed E-state index contributed by atoms with van der Waals surface area (Å²) >= 11 is 0. The molecule has 4 bridgehead atoms. The lowest BCUT2D eigenvalue weighted by molar-refractivity contribution is -0.152. The minimum atomic E-state index is -0.900. The van der Waals surface area contributed by atoms with Crippen LogP contribution in [0.5, 0.6) is 11.5 Å². The van der Waals surface area contributed by atoms with Gasteiger partial charge in [0, 0.05) is 38.3 Å². The molecular formula is C34H48N4O6. The highest BCUT2D eigenvalue weighted by Crippen LogP contribution is 2.41. The minimum absolute atomic E-state index is 0.0109. The number of rotatable bonds is 2. The molecule has 0 radical (unpaired) electrons. The van der Waals surface area contributed by atoms with Gasteiger partial charge in [0.25, 0.3) is 0 Å². The van der Waals surface area contributed by atoms with Crippen molar-refractivity contribution in [1.82, 2.24) is 10.6 Å². The molecule has 1 aromatic rings. The van der Waals surface area contributed by atoms with E-state index in [-0.39, 0.29) is 42.1 Å². The summed E-state index contributed by atoms with van der Waals surface area (Å²) in [6.07, 6.45) is 8.13. The van der Waals surface area contributed by atoms with E-state index in [2.05, 4.69) is 27.5 Å². The number of esters is 1. The van der Waals surface area contributed by atoms with Crippen LogP contribution in [0.25, 0.3) is 0 Å². The van der Waals surface area contributed by atoms with Crippen LogP contribution < -0.4 is 21.1 Å². The highest BCUT2D eigenvalue weighted by atomic mass is 16.5. The number of nitrogens with zero attached hydrogens (tertiary/aromatic N) is 1. The molecule has 5 rings (SSSR count). The fourth-order valence-corrected chi connectivity index (χ4v) is 7.46. The number of aromatic hydroxyl groups is 1. The maximum absolute atomic E-state index is 12.4. The van der Waals surface area contributed by atoms with Crippen molar-refractivity contribution >= 4 is 11.9 Å². The summed E-state index contributed by atoms with van der Waals surface area (Å²) in [7, 11) is 1.61. The van der Waals surface area contributed by atoms with E-state index in [9.17, 15) is 20.1 Å². The second-order valence-corrected chi connectivity index (χ2v) is 12.9. The Hall–Kier alpha value is -3.26. The number of benzene rings is 1. The van der Waals surface area contributed by atoms with E-state index < -0.39 is 35.7 Å². The molecule has 0 saturated carbocycles. The van der Waals surface area contributed by atoms with Crippen molar-refractivity contribution in [3.8, 4) is 23.3 Å². The summed E-state index contributed by atoms with van der Waals surface area (Å²) in [5.41, 5.74) is 6.13. The fourth-order valence-electron chi connectivity index (χ4n) is 7.46. The largest absolute Gasteiger partial charge is 0.504 e. The molecular weight excluding hydrogens is 560 g/mol. The summed E-state index contributed by atoms with van der Waals surface area (Å²) < 4.78 is 12.3. The first-order chi connectivity index (χ1) is 21.2. The van der Waals surface area contributed by atoms with Crippen molar-refractivity contribution in [3.05, 3.63) is 35.9 Å². The molecule has 44 heavy (non-hydrogen) atoms. The summed E-state index contributed by atoms with van der Waals surface area (Å²) in [5.74, 6) is 7.15. The van der Waals surface area contributed by atoms with E-state index >= 15 is 0 Å². The van der Waals surface area contributed by atoms with E-state index in [1.807, 2.05) is 24.3 Å². The second kappa shape index (κ2) is 14.2. The zero-order valence-electron chi connectivity index (χ0n) is 25.9. The summed E-state index contributed by atoms with van der Waals surface area (Å²) in [5, 5.41) is 40.4. The average Bonchev–Trinajstić information content (AvgIpc) is 2.99. The van der Waals surface area contributed by atoms with E-state index in [0.29, 0.717) is 31.4 Å². The number of nitrogens with one attached hydrogen (secondary N) is 2. The van der Waals surface area contributed by atoms with Crippen LogP contribution >= 0.6 is 0 Å². The monoisotopic (exact) mass is 608 g/mol. The second-order valence-electron chi connectivity index (χ2n) is 12.9. The van der Waals surface area contributed by atoms with Crippen molar-refractivity contribution in [2.45, 2.75) is 108 Å². The quantitative estimate of drug-likeness (QED) is 0.0976. The highest BCUT2D eigenvalue weighted by Gasteiger charge is 2.46. The van der Waals surface area contributed by atoms with Crippen molar-refractivity contribution in [2.75, 3.05) is 13.6 Å². The molecule has 9 atom stereocenters. The summed E-state index contributed by atoms with van der Waals surface area (Å²) in [4.78, 5) is 16.5. The topological polar surface area (TPSA) is 159 Å². The van der Waals surface area contributed by atoms with Gasteiger partial charge in [-0.3, -0.25) is 9.79 Å². The number of ether oxygens (including phenoxy) is 2. The number of aliphatic hydroxyl groups excluding tert-OH is 2. The lowest BCUT2D eigenvalue weighted by Gasteiger charge is -2.43. The van der Waals surface area contributed by atoms with E-state index in [1.54, 1.807) is 13.1 Å². The molecule has 4 aliphatic rings. The van der Waals surface area contributed by atoms with Gasteiger partial charge in [0.05, 0.1) is 23.7 Å². The number of guanidine groups is 1. The first-order valence-corrected chi connectivity index (χ1v) is 16.1. The molecule has 0 aromatic heterocycles. The maximum Gasteiger partial charge on any atom is 0.302 e. The number of aliphatic hydroxyl groups is 2. The van der Waals surface area contributed by atoms with Crippen LogP contribution in [0.15, 0.2) is 35.3 Å². The molecule has 10 heteroatoms. The van der Waals surface area contributed by atoms with Gasteiger partial charge in [-0.15, -0.1) is 0 Å². The van der Waals surface area contributed by atoms with Gasteiger partial charge in [0.1, 0.15) is 12.2 Å². The van der Waals surface area contributed by atoms with Gasteiger partial charge in [0.2, 0.25) is 0 Å². The fraction of sp³-hybridized carbons (Fsp3) is 0.647. The predicted molar refractivity (Wildman–Crippen MR) is 168 cm³/mol. The number of phenols is 1. The Kier molecular flexibility index (Phi) is 10.4. The lowest BCUT2D eigenvalue weighted by atomic mass is 9.66. The number of piperidine rings is 1. The Balaban J connectivity index is 1.61. The third-order valence-electron chi connectivity index (χ3n) is 9.88. The zero-order valence-corrected chi connectivity index (χ0v) is 25.9. The van der Waals surface area contributed by atoms with Gasteiger partial charge in [-0.05, 0) is 75.6 Å². The molecule has 0 unspecified atom stereocenters. The molecule has 10 nitrogen and oxygen atoms in total. The molecule has 7 N–H and O–H groups in total. The molecule has 2 aliphatic heterocycles. The Morgan fingerprint density at radius 3 is 2.86 bits per heavy atom. The summed E-state index contributed by atoms with van der Waals surface area (Å²) in [6.45, 7) is 2.25. The van der Waals surface area contributed by atoms with Gasteiger partial charge in [-0.25, -0.2) is 0 Å². The van der Waals surface area contributed by atoms with Crippen LogP contribution in [-0.2, 0) is 16.0 Å². The lowest BCUT2D eigenvalue weighted by Crippen LogP contribution is -2.55. The number of fused-ring (bicyclic) bond motifs is 5. The number of aliphatic imine (C=N–C) groups is 1. The first-order valence-electron chi connectivity index (χ1n) is 16.1. The standard InChI is InChI=1S/C34H48N4O6/c1-21(39)43-29-20-25(40)12-15-34(31(38-33(35)36-2)7-4-8-32(34)42)14-11-23-5-3-6-24-19-26(13-16-37-24)44-30-18-22(17-27(23)29)9-10-28(30)41/h4,7,9-10,18,23-27,29,31-32,37,40-42H,3,5-6,8,12-13,15-17,19-20H2,1-2H3,(H3,35,36,38)/t23-,24-,25-,26+,27-,29-,31-,32+,34-/m0/s1. The van der Waals surface area contributed by atoms with Gasteiger partial charge in [-0.1, -0.05) is 36.5 Å². The number of carbonyl (C=O) groups excluding carboxylic acids is 1. The predicted octanol–water partition coefficient (Wildman–Crippen LogP) is 2.54. The molecule has 0 amide bonds. The SMILES string of the molecule is CN=C(N)N[C@H]1C=CC[C@@H](O)[C@]12C#C[C@@H]1CCC[C@H]3C[C@@H](CCN3)Oc3cc(ccc3O)C[C@@H]1[C@@H](OC(C)=O)C[C@@H](O)CC2. The molecule has 2 aliphatic carbocycles. The van der Waals surface area contributed by atoms with Crippen LogP contribution in [0.1, 0.15) is 70.3 Å². The number of phenolic OH excluding ortho intramolecular Hbond substituents is 1. The van der Waals surface area contributed by atoms with Crippen molar-refractivity contribution in [2.24, 2.45) is 28.0 Å².